The van der Waals surface area contributed by atoms with Gasteiger partial charge in [-0.1, -0.05) is 6.07 Å². The summed E-state index contributed by atoms with van der Waals surface area (Å²) in [5, 5.41) is 0. The van der Waals surface area contributed by atoms with Crippen molar-refractivity contribution >= 4 is 5.78 Å². The summed E-state index contributed by atoms with van der Waals surface area (Å²) in [6.45, 7) is 0. The molecule has 0 aromatic heterocycles. The highest BCUT2D eigenvalue weighted by Crippen LogP contribution is 2.28. The Morgan fingerprint density at radius 2 is 1.71 bits per heavy atom. The fraction of sp³-hybridized carbons (Fsp3) is 0.188. The third-order valence-corrected chi connectivity index (χ3v) is 3.04. The number of hydrogen-bond donors (Lipinski definition) is 0. The van der Waals surface area contributed by atoms with E-state index in [0.29, 0.717) is 17.1 Å². The third kappa shape index (κ3) is 3.37. The topological polar surface area (TPSA) is 35.5 Å². The summed E-state index contributed by atoms with van der Waals surface area (Å²) < 4.78 is 36.9. The number of ether oxygens (including phenoxy) is 2. The molecule has 0 N–H and O–H groups in total. The Balaban J connectivity index is 2.25. The quantitative estimate of drug-likeness (QED) is 0.792. The smallest absolute Gasteiger partial charge is 0.170 e. The van der Waals surface area contributed by atoms with Crippen LogP contribution in [0.1, 0.15) is 15.9 Å². The van der Waals surface area contributed by atoms with E-state index in [4.69, 9.17) is 9.47 Å². The normalized spacial score (nSPS) is 10.3. The number of carbonyl (C=O) groups is 1. The maximum Gasteiger partial charge on any atom is 0.170 e. The number of rotatable bonds is 5. The molecule has 2 aromatic rings. The van der Waals surface area contributed by atoms with Crippen LogP contribution in [0.4, 0.5) is 8.78 Å². The molecular formula is C16H14F2O3. The zero-order valence-corrected chi connectivity index (χ0v) is 11.7. The lowest BCUT2D eigenvalue weighted by Gasteiger charge is -2.09. The van der Waals surface area contributed by atoms with Crippen LogP contribution >= 0.6 is 0 Å². The van der Waals surface area contributed by atoms with Gasteiger partial charge in [-0.3, -0.25) is 4.79 Å². The molecule has 0 atom stereocenters. The summed E-state index contributed by atoms with van der Waals surface area (Å²) >= 11 is 0. The lowest BCUT2D eigenvalue weighted by Crippen LogP contribution is -2.07. The summed E-state index contributed by atoms with van der Waals surface area (Å²) in [4.78, 5) is 12.1. The Hall–Kier alpha value is -2.43. The van der Waals surface area contributed by atoms with Crippen LogP contribution in [-0.2, 0) is 6.42 Å². The molecule has 0 aliphatic rings. The van der Waals surface area contributed by atoms with Crippen LogP contribution in [0.5, 0.6) is 11.5 Å². The van der Waals surface area contributed by atoms with Crippen molar-refractivity contribution in [2.24, 2.45) is 0 Å². The van der Waals surface area contributed by atoms with Gasteiger partial charge in [-0.15, -0.1) is 0 Å². The van der Waals surface area contributed by atoms with Crippen molar-refractivity contribution in [3.8, 4) is 11.5 Å². The summed E-state index contributed by atoms with van der Waals surface area (Å²) in [5.41, 5.74) is 0.367. The van der Waals surface area contributed by atoms with E-state index < -0.39 is 17.4 Å². The monoisotopic (exact) mass is 292 g/mol. The van der Waals surface area contributed by atoms with Crippen LogP contribution < -0.4 is 9.47 Å². The van der Waals surface area contributed by atoms with Gasteiger partial charge >= 0.3 is 0 Å². The van der Waals surface area contributed by atoms with E-state index in [-0.39, 0.29) is 12.0 Å². The third-order valence-electron chi connectivity index (χ3n) is 3.04. The van der Waals surface area contributed by atoms with Gasteiger partial charge < -0.3 is 9.47 Å². The number of ketones is 1. The zero-order valence-electron chi connectivity index (χ0n) is 11.7. The van der Waals surface area contributed by atoms with Crippen LogP contribution in [0.15, 0.2) is 36.4 Å². The Labute approximate surface area is 121 Å². The van der Waals surface area contributed by atoms with Gasteiger partial charge in [0.1, 0.15) is 11.6 Å². The molecule has 0 saturated carbocycles. The minimum absolute atomic E-state index is 0.0548. The lowest BCUT2D eigenvalue weighted by molar-refractivity contribution is 0.0988. The first-order chi connectivity index (χ1) is 10.0. The van der Waals surface area contributed by atoms with E-state index in [1.807, 2.05) is 0 Å². The second kappa shape index (κ2) is 6.35. The second-order valence-corrected chi connectivity index (χ2v) is 4.41. The molecule has 3 nitrogen and oxygen atoms in total. The zero-order chi connectivity index (χ0) is 15.4. The molecule has 0 amide bonds. The molecule has 110 valence electrons. The predicted octanol–water partition coefficient (Wildman–Crippen LogP) is 3.41. The molecule has 0 saturated heterocycles. The van der Waals surface area contributed by atoms with Gasteiger partial charge in [0.05, 0.1) is 19.8 Å². The summed E-state index contributed by atoms with van der Waals surface area (Å²) in [7, 11) is 2.99. The van der Waals surface area contributed by atoms with Crippen molar-refractivity contribution in [1.29, 1.82) is 0 Å². The van der Waals surface area contributed by atoms with Gasteiger partial charge in [0.2, 0.25) is 0 Å². The molecule has 5 heteroatoms. The first kappa shape index (κ1) is 15.0. The highest BCUT2D eigenvalue weighted by Gasteiger charge is 2.14. The summed E-state index contributed by atoms with van der Waals surface area (Å²) in [6, 6.07) is 7.78. The molecule has 0 aliphatic carbocycles. The minimum atomic E-state index is -0.734. The van der Waals surface area contributed by atoms with E-state index >= 15 is 0 Å². The average Bonchev–Trinajstić information content (AvgIpc) is 2.49. The second-order valence-electron chi connectivity index (χ2n) is 4.41. The Kier molecular flexibility index (Phi) is 4.52. The van der Waals surface area contributed by atoms with Crippen molar-refractivity contribution in [3.05, 3.63) is 59.2 Å². The largest absolute Gasteiger partial charge is 0.493 e. The number of hydrogen-bond acceptors (Lipinski definition) is 3. The van der Waals surface area contributed by atoms with Gasteiger partial charge in [-0.05, 0) is 35.9 Å². The van der Waals surface area contributed by atoms with Gasteiger partial charge in [-0.2, -0.15) is 0 Å². The lowest BCUT2D eigenvalue weighted by atomic mass is 10.0. The van der Waals surface area contributed by atoms with E-state index in [1.54, 1.807) is 18.2 Å². The van der Waals surface area contributed by atoms with Crippen LogP contribution in [0.2, 0.25) is 0 Å². The molecule has 0 unspecified atom stereocenters. The van der Waals surface area contributed by atoms with Crippen LogP contribution in [0, 0.1) is 11.6 Å². The van der Waals surface area contributed by atoms with Crippen LogP contribution in [-0.4, -0.2) is 20.0 Å². The average molecular weight is 292 g/mol. The molecule has 2 rings (SSSR count). The fourth-order valence-electron chi connectivity index (χ4n) is 1.98. The van der Waals surface area contributed by atoms with E-state index in [2.05, 4.69) is 0 Å². The Morgan fingerprint density at radius 1 is 1.00 bits per heavy atom. The van der Waals surface area contributed by atoms with Gasteiger partial charge in [0, 0.05) is 6.42 Å². The maximum absolute atomic E-state index is 13.6. The van der Waals surface area contributed by atoms with Gasteiger partial charge in [-0.25, -0.2) is 8.78 Å². The predicted molar refractivity (Wildman–Crippen MR) is 73.9 cm³/mol. The minimum Gasteiger partial charge on any atom is -0.493 e. The van der Waals surface area contributed by atoms with Crippen molar-refractivity contribution in [2.75, 3.05) is 14.2 Å². The SMILES string of the molecule is COc1ccc(CC(=O)c2cc(F)ccc2F)cc1OC. The van der Waals surface area contributed by atoms with Gasteiger partial charge in [0.25, 0.3) is 0 Å². The molecule has 0 aliphatic heterocycles. The van der Waals surface area contributed by atoms with Crippen molar-refractivity contribution in [1.82, 2.24) is 0 Å². The van der Waals surface area contributed by atoms with E-state index in [9.17, 15) is 13.6 Å². The number of carbonyl (C=O) groups excluding carboxylic acids is 1. The number of methoxy groups -OCH3 is 2. The van der Waals surface area contributed by atoms with Crippen molar-refractivity contribution in [3.63, 3.8) is 0 Å². The van der Waals surface area contributed by atoms with Crippen LogP contribution in [0.25, 0.3) is 0 Å². The van der Waals surface area contributed by atoms with Crippen molar-refractivity contribution in [2.45, 2.75) is 6.42 Å². The Bertz CT molecular complexity index is 669. The first-order valence-electron chi connectivity index (χ1n) is 6.24. The fourth-order valence-corrected chi connectivity index (χ4v) is 1.98. The molecule has 21 heavy (non-hydrogen) atoms. The highest BCUT2D eigenvalue weighted by molar-refractivity contribution is 5.97. The van der Waals surface area contributed by atoms with Gasteiger partial charge in [0.15, 0.2) is 17.3 Å². The molecule has 0 heterocycles. The standard InChI is InChI=1S/C16H14F2O3/c1-20-15-6-3-10(8-16(15)21-2)7-14(19)12-9-11(17)4-5-13(12)18/h3-6,8-9H,7H2,1-2H3. The Morgan fingerprint density at radius 3 is 2.38 bits per heavy atom. The molecule has 0 fully saturated rings. The van der Waals surface area contributed by atoms with E-state index in [0.717, 1.165) is 18.2 Å². The molecule has 2 aromatic carbocycles. The van der Waals surface area contributed by atoms with Crippen LogP contribution in [0.3, 0.4) is 0 Å². The van der Waals surface area contributed by atoms with E-state index in [1.165, 1.54) is 14.2 Å². The number of Topliss-reactive ketones (excluding diaryl/α,β-unsaturated/α-hetero) is 1. The maximum atomic E-state index is 13.6. The number of halogens is 2. The summed E-state index contributed by atoms with van der Waals surface area (Å²) in [6.07, 6.45) is -0.0548. The molecular weight excluding hydrogens is 278 g/mol. The number of benzene rings is 2. The molecule has 0 radical (unpaired) electrons. The van der Waals surface area contributed by atoms with Crippen molar-refractivity contribution < 1.29 is 23.0 Å². The summed E-state index contributed by atoms with van der Waals surface area (Å²) in [5.74, 6) is -0.874. The highest BCUT2D eigenvalue weighted by atomic mass is 19.1. The molecule has 0 bridgehead atoms. The first-order valence-corrected chi connectivity index (χ1v) is 6.24. The molecule has 0 spiro atoms.